The number of rotatable bonds is 0. The fraction of sp³-hybridized carbons (Fsp3) is 0.286. The van der Waals surface area contributed by atoms with Crippen molar-refractivity contribution in [3.05, 3.63) is 29.6 Å². The predicted octanol–water partition coefficient (Wildman–Crippen LogP) is 1.75. The van der Waals surface area contributed by atoms with Gasteiger partial charge in [0.05, 0.1) is 12.2 Å². The van der Waals surface area contributed by atoms with Crippen molar-refractivity contribution in [2.45, 2.75) is 13.1 Å². The van der Waals surface area contributed by atoms with E-state index in [0.29, 0.717) is 0 Å². The van der Waals surface area contributed by atoms with Gasteiger partial charge in [-0.3, -0.25) is 4.98 Å². The van der Waals surface area contributed by atoms with Crippen molar-refractivity contribution in [1.82, 2.24) is 8.10 Å². The lowest BCUT2D eigenvalue weighted by Gasteiger charge is -1.98. The van der Waals surface area contributed by atoms with E-state index in [2.05, 4.69) is 37.0 Å². The molecule has 1 aliphatic heterocycles. The maximum absolute atomic E-state index is 4.26. The number of hydrogen-bond acceptors (Lipinski definition) is 2. The molecule has 0 radical (unpaired) electrons. The van der Waals surface area contributed by atoms with Gasteiger partial charge >= 0.3 is 0 Å². The summed E-state index contributed by atoms with van der Waals surface area (Å²) in [5.41, 5.74) is 2.61. The lowest BCUT2D eigenvalue weighted by atomic mass is 10.2. The van der Waals surface area contributed by atoms with Gasteiger partial charge < -0.3 is 0 Å². The Morgan fingerprint density at radius 3 is 3.20 bits per heavy atom. The molecule has 3 heteroatoms. The van der Waals surface area contributed by atoms with Gasteiger partial charge in [-0.1, -0.05) is 6.07 Å². The molecule has 1 aromatic rings. The van der Waals surface area contributed by atoms with Crippen LogP contribution in [0.2, 0.25) is 0 Å². The second-order valence-corrected chi connectivity index (χ2v) is 3.75. The maximum Gasteiger partial charge on any atom is 0.0597 e. The quantitative estimate of drug-likeness (QED) is 0.512. The number of fused-ring (bicyclic) bond motifs is 1. The third-order valence-electron chi connectivity index (χ3n) is 1.65. The minimum atomic E-state index is 0.997. The fourth-order valence-corrected chi connectivity index (χ4v) is 1.85. The standard InChI is InChI=1S/C7H7IN2/c8-10-4-6-2-1-3-9-7(6)5-10/h1-3H,4-5H2. The van der Waals surface area contributed by atoms with Gasteiger partial charge in [-0.05, 0) is 11.6 Å². The van der Waals surface area contributed by atoms with Gasteiger partial charge in [-0.25, -0.2) is 3.11 Å². The molecule has 52 valence electrons. The van der Waals surface area contributed by atoms with Crippen LogP contribution in [0, 0.1) is 0 Å². The van der Waals surface area contributed by atoms with E-state index in [9.17, 15) is 0 Å². The third kappa shape index (κ3) is 1.03. The van der Waals surface area contributed by atoms with Crippen LogP contribution in [0.4, 0.5) is 0 Å². The third-order valence-corrected chi connectivity index (χ3v) is 2.33. The molecule has 1 aromatic heterocycles. The van der Waals surface area contributed by atoms with Crippen molar-refractivity contribution in [1.29, 1.82) is 0 Å². The van der Waals surface area contributed by atoms with E-state index in [1.54, 1.807) is 0 Å². The van der Waals surface area contributed by atoms with Crippen LogP contribution in [0.5, 0.6) is 0 Å². The first-order valence-corrected chi connectivity index (χ1v) is 4.16. The molecule has 0 aromatic carbocycles. The van der Waals surface area contributed by atoms with Crippen LogP contribution in [0.15, 0.2) is 18.3 Å². The van der Waals surface area contributed by atoms with Crippen LogP contribution in [0.25, 0.3) is 0 Å². The second kappa shape index (κ2) is 2.47. The largest absolute Gasteiger partial charge is 0.260 e. The van der Waals surface area contributed by atoms with Crippen LogP contribution >= 0.6 is 22.9 Å². The van der Waals surface area contributed by atoms with E-state index >= 15 is 0 Å². The van der Waals surface area contributed by atoms with E-state index in [-0.39, 0.29) is 0 Å². The molecule has 0 spiro atoms. The number of pyridine rings is 1. The van der Waals surface area contributed by atoms with Crippen molar-refractivity contribution >= 4 is 22.9 Å². The molecule has 0 atom stereocenters. The van der Waals surface area contributed by atoms with Gasteiger partial charge in [-0.2, -0.15) is 0 Å². The highest BCUT2D eigenvalue weighted by Gasteiger charge is 2.16. The Morgan fingerprint density at radius 1 is 1.50 bits per heavy atom. The summed E-state index contributed by atoms with van der Waals surface area (Å²) in [6.45, 7) is 2.04. The fourth-order valence-electron chi connectivity index (χ4n) is 1.16. The summed E-state index contributed by atoms with van der Waals surface area (Å²) in [4.78, 5) is 4.26. The first-order chi connectivity index (χ1) is 4.86. The van der Waals surface area contributed by atoms with Crippen molar-refractivity contribution in [2.24, 2.45) is 0 Å². The van der Waals surface area contributed by atoms with Crippen molar-refractivity contribution in [3.8, 4) is 0 Å². The molecular formula is C7H7IN2. The predicted molar refractivity (Wildman–Crippen MR) is 47.5 cm³/mol. The van der Waals surface area contributed by atoms with Crippen LogP contribution in [-0.4, -0.2) is 8.10 Å². The van der Waals surface area contributed by atoms with Crippen LogP contribution in [0.3, 0.4) is 0 Å². The Morgan fingerprint density at radius 2 is 2.40 bits per heavy atom. The first kappa shape index (κ1) is 6.54. The van der Waals surface area contributed by atoms with E-state index in [1.807, 2.05) is 12.3 Å². The molecule has 0 unspecified atom stereocenters. The Balaban J connectivity index is 2.42. The van der Waals surface area contributed by atoms with E-state index in [0.717, 1.165) is 13.1 Å². The molecule has 10 heavy (non-hydrogen) atoms. The minimum absolute atomic E-state index is 0.997. The minimum Gasteiger partial charge on any atom is -0.260 e. The monoisotopic (exact) mass is 246 g/mol. The van der Waals surface area contributed by atoms with Crippen molar-refractivity contribution in [2.75, 3.05) is 0 Å². The average molecular weight is 246 g/mol. The van der Waals surface area contributed by atoms with Crippen molar-refractivity contribution < 1.29 is 0 Å². The Labute approximate surface area is 73.8 Å². The van der Waals surface area contributed by atoms with Crippen molar-refractivity contribution in [3.63, 3.8) is 0 Å². The summed E-state index contributed by atoms with van der Waals surface area (Å²) in [6.07, 6.45) is 1.86. The van der Waals surface area contributed by atoms with Crippen LogP contribution in [0.1, 0.15) is 11.3 Å². The molecule has 0 aliphatic carbocycles. The SMILES string of the molecule is IN1Cc2cccnc2C1. The summed E-state index contributed by atoms with van der Waals surface area (Å²) < 4.78 is 2.23. The normalized spacial score (nSPS) is 17.3. The van der Waals surface area contributed by atoms with Gasteiger partial charge in [0.1, 0.15) is 0 Å². The topological polar surface area (TPSA) is 16.1 Å². The molecule has 0 bridgehead atoms. The highest BCUT2D eigenvalue weighted by atomic mass is 127. The Bertz CT molecular complexity index is 224. The summed E-state index contributed by atoms with van der Waals surface area (Å²) >= 11 is 2.32. The molecule has 0 saturated heterocycles. The maximum atomic E-state index is 4.26. The zero-order valence-electron chi connectivity index (χ0n) is 5.42. The van der Waals surface area contributed by atoms with Crippen LogP contribution < -0.4 is 0 Å². The molecule has 2 nitrogen and oxygen atoms in total. The first-order valence-electron chi connectivity index (χ1n) is 3.20. The number of hydrogen-bond donors (Lipinski definition) is 0. The highest BCUT2D eigenvalue weighted by Crippen LogP contribution is 2.22. The van der Waals surface area contributed by atoms with Gasteiger partial charge in [-0.15, -0.1) is 0 Å². The van der Waals surface area contributed by atoms with Gasteiger partial charge in [0, 0.05) is 35.6 Å². The zero-order valence-corrected chi connectivity index (χ0v) is 7.58. The lowest BCUT2D eigenvalue weighted by molar-refractivity contribution is 0.550. The van der Waals surface area contributed by atoms with E-state index in [4.69, 9.17) is 0 Å². The second-order valence-electron chi connectivity index (χ2n) is 2.39. The number of aromatic nitrogens is 1. The summed E-state index contributed by atoms with van der Waals surface area (Å²) in [5.74, 6) is 0. The lowest BCUT2D eigenvalue weighted by Crippen LogP contribution is -1.98. The zero-order chi connectivity index (χ0) is 6.97. The van der Waals surface area contributed by atoms with Gasteiger partial charge in [0.15, 0.2) is 0 Å². The van der Waals surface area contributed by atoms with E-state index < -0.39 is 0 Å². The van der Waals surface area contributed by atoms with Crippen LogP contribution in [-0.2, 0) is 13.1 Å². The smallest absolute Gasteiger partial charge is 0.0597 e. The summed E-state index contributed by atoms with van der Waals surface area (Å²) in [7, 11) is 0. The Kier molecular flexibility index (Phi) is 1.61. The van der Waals surface area contributed by atoms with Gasteiger partial charge in [0.25, 0.3) is 0 Å². The molecule has 0 fully saturated rings. The molecule has 0 amide bonds. The van der Waals surface area contributed by atoms with Gasteiger partial charge in [0.2, 0.25) is 0 Å². The molecule has 2 rings (SSSR count). The molecule has 0 saturated carbocycles. The number of nitrogens with zero attached hydrogens (tertiary/aromatic N) is 2. The highest BCUT2D eigenvalue weighted by molar-refractivity contribution is 14.1. The average Bonchev–Trinajstić information content (AvgIpc) is 2.27. The molecule has 1 aliphatic rings. The van der Waals surface area contributed by atoms with E-state index in [1.165, 1.54) is 11.3 Å². The number of halogens is 1. The molecule has 0 N–H and O–H groups in total. The molecule has 2 heterocycles. The summed E-state index contributed by atoms with van der Waals surface area (Å²) in [5, 5.41) is 0. The summed E-state index contributed by atoms with van der Waals surface area (Å²) in [6, 6.07) is 4.13. The molecular weight excluding hydrogens is 239 g/mol. The Hall–Kier alpha value is -0.160.